The zero-order valence-corrected chi connectivity index (χ0v) is 79.7. The average Bonchev–Trinajstić information content (AvgIpc) is 1.52. The van der Waals surface area contributed by atoms with E-state index in [2.05, 4.69) is 0 Å². The van der Waals surface area contributed by atoms with E-state index in [0.29, 0.717) is 136 Å². The zero-order valence-electron chi connectivity index (χ0n) is 79.7. The summed E-state index contributed by atoms with van der Waals surface area (Å²) in [5.41, 5.74) is 17.5. The molecule has 0 fully saturated rings. The smallest absolute Gasteiger partial charge is 0.339 e. The number of phenols is 2. The van der Waals surface area contributed by atoms with Crippen molar-refractivity contribution >= 4 is 34.8 Å². The summed E-state index contributed by atoms with van der Waals surface area (Å²) in [4.78, 5) is 53.5. The molecule has 3 N–H and O–H groups in total. The van der Waals surface area contributed by atoms with Crippen molar-refractivity contribution in [2.24, 2.45) is 0 Å². The van der Waals surface area contributed by atoms with Crippen molar-refractivity contribution in [3.8, 4) is 135 Å². The van der Waals surface area contributed by atoms with Gasteiger partial charge in [0, 0.05) is 120 Å². The van der Waals surface area contributed by atoms with Crippen molar-refractivity contribution in [3.63, 3.8) is 0 Å². The number of carbonyl (C=O) groups excluding carboxylic acids is 2. The molecule has 27 heteroatoms. The normalized spacial score (nSPS) is 12.1. The summed E-state index contributed by atoms with van der Waals surface area (Å²) in [6, 6.07) is 57.9. The van der Waals surface area contributed by atoms with Gasteiger partial charge in [0.2, 0.25) is 0 Å². The van der Waals surface area contributed by atoms with E-state index in [0.717, 1.165) is 61.7 Å². The van der Waals surface area contributed by atoms with Crippen molar-refractivity contribution in [2.45, 2.75) is 167 Å². The molecule has 6 aromatic heterocycles. The van der Waals surface area contributed by atoms with E-state index in [1.165, 1.54) is 64.8 Å². The van der Waals surface area contributed by atoms with E-state index in [4.69, 9.17) is 72.9 Å². The maximum Gasteiger partial charge on any atom is 0.339 e. The molecule has 15 rings (SSSR count). The molecule has 15 aromatic rings. The van der Waals surface area contributed by atoms with Gasteiger partial charge in [0.05, 0.1) is 93.6 Å². The number of ether oxygens (including phenoxy) is 9. The highest BCUT2D eigenvalue weighted by molar-refractivity contribution is 5.87. The number of halogens is 3. The van der Waals surface area contributed by atoms with Gasteiger partial charge in [-0.05, 0) is 210 Å². The molecular formula is C106H114F3N9O15. The number of rotatable bonds is 22. The summed E-state index contributed by atoms with van der Waals surface area (Å²) in [6.45, 7) is 35.7. The van der Waals surface area contributed by atoms with E-state index in [9.17, 15) is 42.9 Å². The van der Waals surface area contributed by atoms with E-state index in [1.807, 2.05) is 244 Å². The summed E-state index contributed by atoms with van der Waals surface area (Å²) in [7, 11) is 8.88. The summed E-state index contributed by atoms with van der Waals surface area (Å²) in [5.74, 6) is -1.43. The minimum atomic E-state index is -1.30. The van der Waals surface area contributed by atoms with Crippen molar-refractivity contribution in [2.75, 3.05) is 42.7 Å². The number of aliphatic carboxylic acids is 1. The number of fused-ring (bicyclic) bond motifs is 3. The third kappa shape index (κ3) is 22.5. The highest BCUT2D eigenvalue weighted by atomic mass is 19.1. The first-order valence-corrected chi connectivity index (χ1v) is 43.4. The van der Waals surface area contributed by atoms with Crippen LogP contribution in [0.4, 0.5) is 13.2 Å². The highest BCUT2D eigenvalue weighted by Crippen LogP contribution is 2.45. The van der Waals surface area contributed by atoms with Gasteiger partial charge in [0.1, 0.15) is 51.9 Å². The molecule has 0 aliphatic rings. The first-order chi connectivity index (χ1) is 63.2. The molecule has 0 saturated heterocycles. The van der Waals surface area contributed by atoms with E-state index in [-0.39, 0.29) is 23.1 Å². The first-order valence-electron chi connectivity index (χ1n) is 43.4. The molecule has 0 radical (unpaired) electrons. The Morgan fingerprint density at radius 1 is 0.331 bits per heavy atom. The Morgan fingerprint density at radius 2 is 0.632 bits per heavy atom. The minimum absolute atomic E-state index is 0.0895. The zero-order chi connectivity index (χ0) is 97.2. The van der Waals surface area contributed by atoms with Crippen LogP contribution in [0, 0.1) is 59.0 Å². The second-order valence-electron chi connectivity index (χ2n) is 34.0. The van der Waals surface area contributed by atoms with Crippen molar-refractivity contribution in [3.05, 3.63) is 268 Å². The fourth-order valence-electron chi connectivity index (χ4n) is 15.3. The first kappa shape index (κ1) is 99.3. The van der Waals surface area contributed by atoms with Crippen LogP contribution in [-0.4, -0.2) is 136 Å². The standard InChI is InChI=1S/C35H36FN3O5.C34H34FN3O5.C33H32FN3O5.2C2H6/c1-20-12-13-24(17-28(20)41-6)32-31(33(34(40)43-8)44-35(3,4)5)21(2)37-30-19-27(38-39(30)32)23-11-9-10-22(16-23)26-15-14-25(36)18-29(26)42-7;1-19-11-12-23(16-27(19)41-6)31-30(32(33(39)40)43-34(3,4)5)20(2)36-29-18-26(37-38(29)31)22-10-8-9-21(15-22)25-14-13-24(35)17-28(25)42-7;1-18-10-11-22(15-26(18)38)30-29(31(32(40)41-6)42-33(3,4)5)19(2)35-28-17-25(36-37(28)30)21-9-7-8-20(14-21)24-13-12-23(34)16-27(24)39;2*1-2/h9-19,33H,1-8H3;8-18,32H,1-7H3,(H,39,40);7-17,31,38-39H,1-6H3;2*1-2H3/t33-;32-;31-;;/m000../s1. The number of aromatic hydroxyl groups is 2. The van der Waals surface area contributed by atoms with Gasteiger partial charge in [-0.15, -0.1) is 0 Å². The summed E-state index contributed by atoms with van der Waals surface area (Å²) >= 11 is 0. The van der Waals surface area contributed by atoms with Crippen LogP contribution in [0.3, 0.4) is 0 Å². The summed E-state index contributed by atoms with van der Waals surface area (Å²) in [6.07, 6.45) is -3.50. The van der Waals surface area contributed by atoms with Crippen molar-refractivity contribution < 1.29 is 85.5 Å². The Kier molecular flexibility index (Phi) is 31.3. The molecule has 0 spiro atoms. The van der Waals surface area contributed by atoms with E-state index in [1.54, 1.807) is 72.8 Å². The number of hydrogen-bond donors (Lipinski definition) is 3. The Bertz CT molecular complexity index is 6800. The molecular weight excluding hydrogens is 1700 g/mol. The number of phenolic OH excluding ortho intramolecular Hbond substituents is 2. The monoisotopic (exact) mass is 1810 g/mol. The quantitative estimate of drug-likeness (QED) is 0.0531. The van der Waals surface area contributed by atoms with Crippen molar-refractivity contribution in [1.82, 2.24) is 43.8 Å². The molecule has 24 nitrogen and oxygen atoms in total. The lowest BCUT2D eigenvalue weighted by Crippen LogP contribution is -2.29. The topological polar surface area (TPSA) is 286 Å². The van der Waals surface area contributed by atoms with Crippen LogP contribution in [0.1, 0.15) is 159 Å². The number of methoxy groups -OCH3 is 6. The average molecular weight is 1810 g/mol. The van der Waals surface area contributed by atoms with Crippen LogP contribution in [0.25, 0.3) is 118 Å². The van der Waals surface area contributed by atoms with Gasteiger partial charge in [-0.25, -0.2) is 56.1 Å². The number of benzene rings is 9. The lowest BCUT2D eigenvalue weighted by molar-refractivity contribution is -0.164. The lowest BCUT2D eigenvalue weighted by Gasteiger charge is -2.28. The number of carboxylic acid groups (broad SMARTS) is 1. The Hall–Kier alpha value is -14.3. The maximum absolute atomic E-state index is 13.9. The van der Waals surface area contributed by atoms with Gasteiger partial charge >= 0.3 is 17.9 Å². The lowest BCUT2D eigenvalue weighted by atomic mass is 9.98. The Labute approximate surface area is 772 Å². The fraction of sp³-hybridized carbons (Fsp3) is 0.292. The third-order valence-electron chi connectivity index (χ3n) is 21.3. The van der Waals surface area contributed by atoms with Crippen molar-refractivity contribution in [1.29, 1.82) is 0 Å². The van der Waals surface area contributed by atoms with Gasteiger partial charge in [-0.2, -0.15) is 15.3 Å². The summed E-state index contributed by atoms with van der Waals surface area (Å²) < 4.78 is 97.5. The highest BCUT2D eigenvalue weighted by Gasteiger charge is 2.38. The van der Waals surface area contributed by atoms with Crippen LogP contribution in [-0.2, 0) is 38.1 Å². The predicted octanol–water partition coefficient (Wildman–Crippen LogP) is 24.0. The summed E-state index contributed by atoms with van der Waals surface area (Å²) in [5, 5.41) is 46.2. The van der Waals surface area contributed by atoms with Gasteiger partial charge in [0.25, 0.3) is 0 Å². The fourth-order valence-corrected chi connectivity index (χ4v) is 15.3. The van der Waals surface area contributed by atoms with E-state index >= 15 is 0 Å². The largest absolute Gasteiger partial charge is 0.508 e. The molecule has 0 aliphatic heterocycles. The number of aryl methyl sites for hydroxylation is 6. The molecule has 3 atom stereocenters. The molecule has 133 heavy (non-hydrogen) atoms. The van der Waals surface area contributed by atoms with Gasteiger partial charge < -0.3 is 58.0 Å². The van der Waals surface area contributed by atoms with Crippen LogP contribution >= 0.6 is 0 Å². The van der Waals surface area contributed by atoms with Crippen LogP contribution in [0.5, 0.6) is 34.5 Å². The Morgan fingerprint density at radius 3 is 0.947 bits per heavy atom. The van der Waals surface area contributed by atoms with Crippen LogP contribution < -0.4 is 18.9 Å². The predicted molar refractivity (Wildman–Crippen MR) is 511 cm³/mol. The maximum atomic E-state index is 13.9. The van der Waals surface area contributed by atoms with Gasteiger partial charge in [-0.3, -0.25) is 0 Å². The number of carboxylic acids is 1. The molecule has 0 bridgehead atoms. The number of carbonyl (C=O) groups is 3. The number of nitrogens with zero attached hydrogens (tertiary/aromatic N) is 9. The molecule has 0 aliphatic carbocycles. The molecule has 0 unspecified atom stereocenters. The number of hydrogen-bond acceptors (Lipinski definition) is 20. The van der Waals surface area contributed by atoms with Crippen LogP contribution in [0.15, 0.2) is 200 Å². The minimum Gasteiger partial charge on any atom is -0.508 e. The number of esters is 2. The second kappa shape index (κ2) is 41.9. The van der Waals surface area contributed by atoms with E-state index < -0.39 is 58.8 Å². The molecule has 9 aromatic carbocycles. The third-order valence-corrected chi connectivity index (χ3v) is 21.3. The molecule has 0 amide bonds. The molecule has 6 heterocycles. The Balaban J connectivity index is 0.000000189. The molecule has 0 saturated carbocycles. The van der Waals surface area contributed by atoms with Gasteiger partial charge in [-0.1, -0.05) is 119 Å². The van der Waals surface area contributed by atoms with Crippen LogP contribution in [0.2, 0.25) is 0 Å². The number of aromatic nitrogens is 9. The second-order valence-corrected chi connectivity index (χ2v) is 34.0. The molecule has 694 valence electrons. The SMILES string of the molecule is CC.CC.COC(=O)[C@@H](OC(C)(C)C)c1c(C)nc2cc(-c3cccc(-c4ccc(F)cc4O)c3)nn2c1-c1ccc(C)c(O)c1.COC(=O)[C@@H](OC(C)(C)C)c1c(C)nc2cc(-c3cccc(-c4ccc(F)cc4OC)c3)nn2c1-c1ccc(C)c(OC)c1.COc1cc(-c2c([C@H](OC(C)(C)C)C(=O)O)c(C)nc3cc(-c4cccc(-c5ccc(F)cc5OC)c4)nn23)ccc1C. The van der Waals surface area contributed by atoms with Gasteiger partial charge in [0.15, 0.2) is 35.3 Å².